The first-order valence-electron chi connectivity index (χ1n) is 9.28. The van der Waals surface area contributed by atoms with E-state index in [0.29, 0.717) is 6.54 Å². The Bertz CT molecular complexity index is 946. The number of amides is 2. The minimum Gasteiger partial charge on any atom is -0.370 e. The summed E-state index contributed by atoms with van der Waals surface area (Å²) in [5, 5.41) is 6.05. The summed E-state index contributed by atoms with van der Waals surface area (Å²) >= 11 is 5.92. The SMILES string of the molecule is COC1(NC(=O)Cc2cccs2)C(=O)N2C(C(=O)Br)C(CN3C=CC=CC3)=CS[C@@H]21. The van der Waals surface area contributed by atoms with Crippen molar-refractivity contribution in [1.29, 1.82) is 0 Å². The van der Waals surface area contributed by atoms with Crippen molar-refractivity contribution in [3.63, 3.8) is 0 Å². The first kappa shape index (κ1) is 21.4. The predicted octanol–water partition coefficient (Wildman–Crippen LogP) is 2.22. The molecular weight excluding hydrogens is 490 g/mol. The van der Waals surface area contributed by atoms with Crippen LogP contribution in [0, 0.1) is 0 Å². The third-order valence-electron chi connectivity index (χ3n) is 5.18. The molecule has 3 aliphatic rings. The molecular formula is C20H20BrN3O4S2. The van der Waals surface area contributed by atoms with Crippen LogP contribution >= 0.6 is 39.0 Å². The van der Waals surface area contributed by atoms with Crippen LogP contribution in [-0.4, -0.2) is 63.6 Å². The molecule has 4 heterocycles. The van der Waals surface area contributed by atoms with E-state index in [1.807, 2.05) is 47.3 Å². The van der Waals surface area contributed by atoms with Crippen LogP contribution in [0.3, 0.4) is 0 Å². The number of hydrogen-bond donors (Lipinski definition) is 1. The Labute approximate surface area is 190 Å². The second kappa shape index (κ2) is 8.70. The molecule has 3 atom stereocenters. The topological polar surface area (TPSA) is 79.0 Å². The number of rotatable bonds is 7. The average Bonchev–Trinajstić information content (AvgIpc) is 3.24. The minimum absolute atomic E-state index is 0.171. The normalized spacial score (nSPS) is 27.4. The Morgan fingerprint density at radius 3 is 2.87 bits per heavy atom. The Morgan fingerprint density at radius 1 is 1.40 bits per heavy atom. The number of nitrogens with one attached hydrogen (secondary N) is 1. The Morgan fingerprint density at radius 2 is 2.23 bits per heavy atom. The fraction of sp³-hybridized carbons (Fsp3) is 0.350. The monoisotopic (exact) mass is 509 g/mol. The summed E-state index contributed by atoms with van der Waals surface area (Å²) in [7, 11) is 1.40. The molecule has 0 spiro atoms. The van der Waals surface area contributed by atoms with E-state index < -0.39 is 23.0 Å². The zero-order valence-corrected chi connectivity index (χ0v) is 19.3. The Kier molecular flexibility index (Phi) is 6.19. The van der Waals surface area contributed by atoms with Crippen molar-refractivity contribution in [3.05, 3.63) is 57.8 Å². The molecule has 0 radical (unpaired) electrons. The molecule has 1 saturated heterocycles. The average molecular weight is 510 g/mol. The molecule has 0 aliphatic carbocycles. The number of thioether (sulfide) groups is 1. The van der Waals surface area contributed by atoms with Crippen molar-refractivity contribution >= 4 is 55.5 Å². The van der Waals surface area contributed by atoms with Gasteiger partial charge in [-0.1, -0.05) is 18.2 Å². The summed E-state index contributed by atoms with van der Waals surface area (Å²) in [6.45, 7) is 1.26. The van der Waals surface area contributed by atoms with Crippen molar-refractivity contribution in [2.45, 2.75) is 23.6 Å². The number of methoxy groups -OCH3 is 1. The molecule has 30 heavy (non-hydrogen) atoms. The summed E-state index contributed by atoms with van der Waals surface area (Å²) < 4.78 is 5.24. The number of hydrogen-bond acceptors (Lipinski definition) is 7. The van der Waals surface area contributed by atoms with Crippen LogP contribution in [0.15, 0.2) is 52.9 Å². The molecule has 1 N–H and O–H groups in total. The molecule has 2 amide bonds. The van der Waals surface area contributed by atoms with Gasteiger partial charge in [0.05, 0.1) is 6.42 Å². The van der Waals surface area contributed by atoms with E-state index >= 15 is 0 Å². The first-order chi connectivity index (χ1) is 14.5. The van der Waals surface area contributed by atoms with Gasteiger partial charge in [0, 0.05) is 25.1 Å². The van der Waals surface area contributed by atoms with Crippen molar-refractivity contribution < 1.29 is 19.1 Å². The molecule has 2 unspecified atom stereocenters. The number of β-lactam (4-membered cyclic amide) rings is 1. The molecule has 0 bridgehead atoms. The van der Waals surface area contributed by atoms with Crippen LogP contribution < -0.4 is 5.32 Å². The van der Waals surface area contributed by atoms with E-state index in [1.165, 1.54) is 35.1 Å². The zero-order valence-electron chi connectivity index (χ0n) is 16.1. The molecule has 158 valence electrons. The van der Waals surface area contributed by atoms with Crippen LogP contribution in [0.2, 0.25) is 0 Å². The Balaban J connectivity index is 1.53. The highest BCUT2D eigenvalue weighted by atomic mass is 79.9. The largest absolute Gasteiger partial charge is 0.370 e. The fourth-order valence-corrected chi connectivity index (χ4v) is 6.28. The van der Waals surface area contributed by atoms with Crippen LogP contribution in [0.25, 0.3) is 0 Å². The van der Waals surface area contributed by atoms with Crippen molar-refractivity contribution in [3.8, 4) is 0 Å². The smallest absolute Gasteiger partial charge is 0.281 e. The van der Waals surface area contributed by atoms with Crippen molar-refractivity contribution in [2.75, 3.05) is 20.2 Å². The number of halogens is 1. The third kappa shape index (κ3) is 3.77. The van der Waals surface area contributed by atoms with Gasteiger partial charge in [-0.05, 0) is 50.6 Å². The molecule has 1 fully saturated rings. The van der Waals surface area contributed by atoms with Crippen molar-refractivity contribution in [2.24, 2.45) is 0 Å². The van der Waals surface area contributed by atoms with Gasteiger partial charge in [0.15, 0.2) is 0 Å². The van der Waals surface area contributed by atoms with Gasteiger partial charge in [-0.2, -0.15) is 0 Å². The number of nitrogens with zero attached hydrogens (tertiary/aromatic N) is 2. The number of carbonyl (C=O) groups is 3. The molecule has 4 rings (SSSR count). The molecule has 0 saturated carbocycles. The minimum atomic E-state index is -1.48. The number of carbonyl (C=O) groups excluding carboxylic acids is 3. The molecule has 10 heteroatoms. The van der Waals surface area contributed by atoms with Gasteiger partial charge in [-0.25, -0.2) is 0 Å². The van der Waals surface area contributed by atoms with E-state index in [1.54, 1.807) is 0 Å². The molecule has 1 aromatic rings. The van der Waals surface area contributed by atoms with E-state index in [-0.39, 0.29) is 17.0 Å². The highest BCUT2D eigenvalue weighted by Crippen LogP contribution is 2.47. The van der Waals surface area contributed by atoms with E-state index in [2.05, 4.69) is 26.1 Å². The van der Waals surface area contributed by atoms with Gasteiger partial charge in [-0.15, -0.1) is 23.1 Å². The van der Waals surface area contributed by atoms with E-state index in [0.717, 1.165) is 17.0 Å². The fourth-order valence-electron chi connectivity index (χ4n) is 3.76. The summed E-state index contributed by atoms with van der Waals surface area (Å²) in [5.74, 6) is -0.714. The molecule has 3 aliphatic heterocycles. The number of ether oxygens (including phenoxy) is 1. The summed E-state index contributed by atoms with van der Waals surface area (Å²) in [6, 6.07) is 3.01. The molecule has 1 aromatic heterocycles. The van der Waals surface area contributed by atoms with Crippen molar-refractivity contribution in [1.82, 2.24) is 15.1 Å². The van der Waals surface area contributed by atoms with Gasteiger partial charge in [0.2, 0.25) is 10.6 Å². The number of fused-ring (bicyclic) bond motifs is 1. The lowest BCUT2D eigenvalue weighted by Crippen LogP contribution is -2.82. The van der Waals surface area contributed by atoms with Crippen LogP contribution in [0.1, 0.15) is 4.88 Å². The molecule has 7 nitrogen and oxygen atoms in total. The summed E-state index contributed by atoms with van der Waals surface area (Å²) in [4.78, 5) is 42.6. The second-order valence-electron chi connectivity index (χ2n) is 7.04. The van der Waals surface area contributed by atoms with Crippen LogP contribution in [-0.2, 0) is 25.5 Å². The lowest BCUT2D eigenvalue weighted by atomic mass is 9.94. The van der Waals surface area contributed by atoms with E-state index in [4.69, 9.17) is 4.74 Å². The highest BCUT2D eigenvalue weighted by Gasteiger charge is 2.67. The van der Waals surface area contributed by atoms with Gasteiger partial charge >= 0.3 is 0 Å². The second-order valence-corrected chi connectivity index (χ2v) is 9.81. The van der Waals surface area contributed by atoms with Gasteiger partial charge in [0.1, 0.15) is 11.4 Å². The summed E-state index contributed by atoms with van der Waals surface area (Å²) in [6.07, 6.45) is 8.05. The van der Waals surface area contributed by atoms with Crippen LogP contribution in [0.4, 0.5) is 0 Å². The summed E-state index contributed by atoms with van der Waals surface area (Å²) in [5.41, 5.74) is -0.656. The quantitative estimate of drug-likeness (QED) is 0.345. The maximum absolute atomic E-state index is 13.2. The van der Waals surface area contributed by atoms with E-state index in [9.17, 15) is 14.4 Å². The van der Waals surface area contributed by atoms with Gasteiger partial charge < -0.3 is 19.9 Å². The number of thiophene rings is 1. The molecule has 0 aromatic carbocycles. The third-order valence-corrected chi connectivity index (χ3v) is 7.74. The first-order valence-corrected chi connectivity index (χ1v) is 11.9. The predicted molar refractivity (Wildman–Crippen MR) is 120 cm³/mol. The van der Waals surface area contributed by atoms with Gasteiger partial charge in [0.25, 0.3) is 11.6 Å². The maximum Gasteiger partial charge on any atom is 0.281 e. The van der Waals surface area contributed by atoms with Gasteiger partial charge in [-0.3, -0.25) is 14.4 Å². The Hall–Kier alpha value is -1.88. The highest BCUT2D eigenvalue weighted by molar-refractivity contribution is 9.18. The maximum atomic E-state index is 13.2. The lowest BCUT2D eigenvalue weighted by Gasteiger charge is -2.57. The zero-order chi connectivity index (χ0) is 21.3. The van der Waals surface area contributed by atoms with Crippen LogP contribution in [0.5, 0.6) is 0 Å². The lowest BCUT2D eigenvalue weighted by molar-refractivity contribution is -0.198. The number of allylic oxidation sites excluding steroid dienone is 2. The standard InChI is InChI=1S/C20H20BrN3O4S2/c1-28-20(22-15(25)10-14-6-5-9-29-14)18(27)24-16(17(21)26)13(12-30-19(20)24)11-23-7-3-2-4-8-23/h2-7,9,12,16,19H,8,10-11H2,1H3,(H,22,25)/t16?,19-,20?/m1/s1.